The second kappa shape index (κ2) is 6.54. The predicted molar refractivity (Wildman–Crippen MR) is 90.9 cm³/mol. The van der Waals surface area contributed by atoms with E-state index in [0.29, 0.717) is 0 Å². The molecule has 0 heterocycles. The zero-order chi connectivity index (χ0) is 18.1. The van der Waals surface area contributed by atoms with Crippen LogP contribution >= 0.6 is 0 Å². The van der Waals surface area contributed by atoms with Gasteiger partial charge >= 0.3 is 10.1 Å². The molecule has 2 rings (SSSR count). The molecule has 0 aliphatic rings. The highest BCUT2D eigenvalue weighted by atomic mass is 32.2. The first-order valence-electron chi connectivity index (χ1n) is 7.18. The number of aryl methyl sites for hydroxylation is 1. The van der Waals surface area contributed by atoms with E-state index in [2.05, 4.69) is 0 Å². The maximum absolute atomic E-state index is 12.4. The Morgan fingerprint density at radius 2 is 1.58 bits per heavy atom. The summed E-state index contributed by atoms with van der Waals surface area (Å²) in [5, 5.41) is 5.03. The standard InChI is InChI=1S/C16H19NO5S2/c1-11(2)13-7-12(3)8-14(9-13)22-24(20,21)16-6-4-5-15(10-16)23(17,18)19/h4-11H,1-3H3,(H2,17,18,19). The molecule has 0 amide bonds. The van der Waals surface area contributed by atoms with Gasteiger partial charge in [-0.25, -0.2) is 13.6 Å². The number of benzene rings is 2. The van der Waals surface area contributed by atoms with Crippen molar-refractivity contribution in [2.75, 3.05) is 0 Å². The first-order valence-corrected chi connectivity index (χ1v) is 10.1. The number of primary sulfonamides is 1. The molecule has 0 saturated heterocycles. The summed E-state index contributed by atoms with van der Waals surface area (Å²) < 4.78 is 52.7. The molecule has 0 aliphatic carbocycles. The zero-order valence-corrected chi connectivity index (χ0v) is 15.2. The lowest BCUT2D eigenvalue weighted by Gasteiger charge is -2.12. The van der Waals surface area contributed by atoms with Gasteiger partial charge in [0.05, 0.1) is 4.90 Å². The second-order valence-corrected chi connectivity index (χ2v) is 8.90. The average molecular weight is 369 g/mol. The van der Waals surface area contributed by atoms with Crippen LogP contribution in [-0.4, -0.2) is 16.8 Å². The maximum Gasteiger partial charge on any atom is 0.339 e. The van der Waals surface area contributed by atoms with E-state index in [0.717, 1.165) is 17.2 Å². The van der Waals surface area contributed by atoms with Crippen molar-refractivity contribution >= 4 is 20.1 Å². The minimum Gasteiger partial charge on any atom is -0.379 e. The molecule has 0 aromatic heterocycles. The Bertz CT molecular complexity index is 964. The van der Waals surface area contributed by atoms with E-state index in [1.807, 2.05) is 26.8 Å². The molecular formula is C16H19NO5S2. The van der Waals surface area contributed by atoms with Gasteiger partial charge in [0.15, 0.2) is 0 Å². The quantitative estimate of drug-likeness (QED) is 0.816. The summed E-state index contributed by atoms with van der Waals surface area (Å²) >= 11 is 0. The van der Waals surface area contributed by atoms with Crippen LogP contribution in [0, 0.1) is 6.92 Å². The largest absolute Gasteiger partial charge is 0.379 e. The molecule has 0 aliphatic heterocycles. The molecule has 8 heteroatoms. The van der Waals surface area contributed by atoms with Gasteiger partial charge in [0, 0.05) is 0 Å². The van der Waals surface area contributed by atoms with Crippen molar-refractivity contribution in [1.29, 1.82) is 0 Å². The lowest BCUT2D eigenvalue weighted by molar-refractivity contribution is 0.485. The van der Waals surface area contributed by atoms with Crippen LogP contribution in [0.15, 0.2) is 52.3 Å². The van der Waals surface area contributed by atoms with Gasteiger partial charge in [0.1, 0.15) is 10.6 Å². The first-order chi connectivity index (χ1) is 11.0. The molecule has 0 unspecified atom stereocenters. The molecule has 130 valence electrons. The van der Waals surface area contributed by atoms with Gasteiger partial charge in [0.25, 0.3) is 0 Å². The third-order valence-corrected chi connectivity index (χ3v) is 5.52. The van der Waals surface area contributed by atoms with Gasteiger partial charge in [-0.1, -0.05) is 26.0 Å². The van der Waals surface area contributed by atoms with Crippen molar-refractivity contribution in [1.82, 2.24) is 0 Å². The van der Waals surface area contributed by atoms with Gasteiger partial charge in [-0.05, 0) is 54.3 Å². The van der Waals surface area contributed by atoms with Crippen LogP contribution in [0.2, 0.25) is 0 Å². The fourth-order valence-corrected chi connectivity index (χ4v) is 3.74. The number of hydrogen-bond acceptors (Lipinski definition) is 5. The summed E-state index contributed by atoms with van der Waals surface area (Å²) in [6.07, 6.45) is 0. The number of rotatable bonds is 5. The highest BCUT2D eigenvalue weighted by Crippen LogP contribution is 2.26. The number of hydrogen-bond donors (Lipinski definition) is 1. The van der Waals surface area contributed by atoms with E-state index in [1.165, 1.54) is 18.2 Å². The molecule has 2 aromatic rings. The van der Waals surface area contributed by atoms with Crippen LogP contribution in [-0.2, 0) is 20.1 Å². The van der Waals surface area contributed by atoms with Crippen LogP contribution in [0.25, 0.3) is 0 Å². The molecule has 2 aromatic carbocycles. The summed E-state index contributed by atoms with van der Waals surface area (Å²) in [6.45, 7) is 5.82. The molecule has 2 N–H and O–H groups in total. The Kier molecular flexibility index (Phi) is 5.03. The van der Waals surface area contributed by atoms with E-state index in [-0.39, 0.29) is 21.5 Å². The SMILES string of the molecule is Cc1cc(OS(=O)(=O)c2cccc(S(N)(=O)=O)c2)cc(C(C)C)c1. The average Bonchev–Trinajstić information content (AvgIpc) is 2.45. The van der Waals surface area contributed by atoms with Crippen molar-refractivity contribution in [3.8, 4) is 5.75 Å². The van der Waals surface area contributed by atoms with Crippen molar-refractivity contribution in [3.05, 3.63) is 53.6 Å². The Labute approximate surface area is 142 Å². The highest BCUT2D eigenvalue weighted by molar-refractivity contribution is 7.89. The van der Waals surface area contributed by atoms with Crippen molar-refractivity contribution in [2.24, 2.45) is 5.14 Å². The lowest BCUT2D eigenvalue weighted by Crippen LogP contribution is -2.14. The van der Waals surface area contributed by atoms with E-state index in [9.17, 15) is 16.8 Å². The van der Waals surface area contributed by atoms with Gasteiger partial charge in [-0.2, -0.15) is 8.42 Å². The normalized spacial score (nSPS) is 12.4. The van der Waals surface area contributed by atoms with Crippen LogP contribution in [0.5, 0.6) is 5.75 Å². The van der Waals surface area contributed by atoms with Crippen LogP contribution in [0.4, 0.5) is 0 Å². The van der Waals surface area contributed by atoms with E-state index < -0.39 is 20.1 Å². The molecule has 0 atom stereocenters. The first kappa shape index (κ1) is 18.4. The molecule has 0 saturated carbocycles. The van der Waals surface area contributed by atoms with Crippen molar-refractivity contribution < 1.29 is 21.0 Å². The third-order valence-electron chi connectivity index (χ3n) is 3.37. The monoisotopic (exact) mass is 369 g/mol. The third kappa shape index (κ3) is 4.34. The summed E-state index contributed by atoms with van der Waals surface area (Å²) in [5.74, 6) is 0.389. The van der Waals surface area contributed by atoms with Crippen LogP contribution < -0.4 is 9.32 Å². The topological polar surface area (TPSA) is 104 Å². The Morgan fingerprint density at radius 1 is 0.958 bits per heavy atom. The molecule has 24 heavy (non-hydrogen) atoms. The highest BCUT2D eigenvalue weighted by Gasteiger charge is 2.20. The molecule has 0 bridgehead atoms. The van der Waals surface area contributed by atoms with Gasteiger partial charge in [-0.3, -0.25) is 0 Å². The predicted octanol–water partition coefficient (Wildman–Crippen LogP) is 2.53. The molecule has 0 radical (unpaired) electrons. The smallest absolute Gasteiger partial charge is 0.339 e. The Hall–Kier alpha value is -1.90. The molecular weight excluding hydrogens is 350 g/mol. The van der Waals surface area contributed by atoms with E-state index in [1.54, 1.807) is 12.1 Å². The van der Waals surface area contributed by atoms with E-state index in [4.69, 9.17) is 9.32 Å². The van der Waals surface area contributed by atoms with Crippen molar-refractivity contribution in [3.63, 3.8) is 0 Å². The second-order valence-electron chi connectivity index (χ2n) is 5.79. The summed E-state index contributed by atoms with van der Waals surface area (Å²) in [4.78, 5) is -0.569. The fraction of sp³-hybridized carbons (Fsp3) is 0.250. The molecule has 6 nitrogen and oxygen atoms in total. The minimum atomic E-state index is -4.18. The molecule has 0 spiro atoms. The van der Waals surface area contributed by atoms with Gasteiger partial charge in [0.2, 0.25) is 10.0 Å². The Balaban J connectivity index is 2.43. The van der Waals surface area contributed by atoms with Crippen LogP contribution in [0.1, 0.15) is 30.9 Å². The minimum absolute atomic E-state index is 0.180. The van der Waals surface area contributed by atoms with Gasteiger partial charge in [-0.15, -0.1) is 0 Å². The zero-order valence-electron chi connectivity index (χ0n) is 13.6. The molecule has 0 fully saturated rings. The lowest BCUT2D eigenvalue weighted by atomic mass is 10.0. The van der Waals surface area contributed by atoms with Crippen molar-refractivity contribution in [2.45, 2.75) is 36.5 Å². The van der Waals surface area contributed by atoms with E-state index >= 15 is 0 Å². The Morgan fingerprint density at radius 3 is 2.17 bits per heavy atom. The van der Waals surface area contributed by atoms with Crippen LogP contribution in [0.3, 0.4) is 0 Å². The summed E-state index contributed by atoms with van der Waals surface area (Å²) in [7, 11) is -8.18. The fourth-order valence-electron chi connectivity index (χ4n) is 2.14. The number of nitrogens with two attached hydrogens (primary N) is 1. The number of sulfonamides is 1. The van der Waals surface area contributed by atoms with Gasteiger partial charge < -0.3 is 4.18 Å². The maximum atomic E-state index is 12.4. The summed E-state index contributed by atoms with van der Waals surface area (Å²) in [6, 6.07) is 9.95. The summed E-state index contributed by atoms with van der Waals surface area (Å²) in [5.41, 5.74) is 1.81.